The minimum absolute atomic E-state index is 0.240. The highest BCUT2D eigenvalue weighted by Gasteiger charge is 2.34. The third kappa shape index (κ3) is 3.24. The Hall–Kier alpha value is -1.88. The zero-order valence-corrected chi connectivity index (χ0v) is 11.4. The molecule has 0 aromatic heterocycles. The standard InChI is InChI=1S/C16H15F4N/c1-2-10-5-3-4-6-12(10)15(21)11-7-8-14(17)13(9-11)16(18,19)20/h3-9,15H,2,21H2,1H3. The number of rotatable bonds is 3. The zero-order valence-electron chi connectivity index (χ0n) is 11.4. The van der Waals surface area contributed by atoms with Crippen LogP contribution in [0.15, 0.2) is 42.5 Å². The molecule has 0 aliphatic rings. The lowest BCUT2D eigenvalue weighted by molar-refractivity contribution is -0.140. The van der Waals surface area contributed by atoms with Gasteiger partial charge in [-0.25, -0.2) is 4.39 Å². The van der Waals surface area contributed by atoms with Crippen molar-refractivity contribution in [3.8, 4) is 0 Å². The first-order valence-corrected chi connectivity index (χ1v) is 6.54. The number of alkyl halides is 3. The molecule has 1 unspecified atom stereocenters. The van der Waals surface area contributed by atoms with Crippen LogP contribution in [-0.4, -0.2) is 0 Å². The highest BCUT2D eigenvalue weighted by Crippen LogP contribution is 2.34. The zero-order chi connectivity index (χ0) is 15.6. The first-order chi connectivity index (χ1) is 9.84. The molecule has 0 saturated heterocycles. The summed E-state index contributed by atoms with van der Waals surface area (Å²) in [5, 5.41) is 0. The van der Waals surface area contributed by atoms with Crippen LogP contribution in [0.1, 0.15) is 35.2 Å². The Labute approximate surface area is 120 Å². The topological polar surface area (TPSA) is 26.0 Å². The lowest BCUT2D eigenvalue weighted by Gasteiger charge is -2.18. The van der Waals surface area contributed by atoms with Gasteiger partial charge in [-0.1, -0.05) is 37.3 Å². The molecule has 21 heavy (non-hydrogen) atoms. The van der Waals surface area contributed by atoms with Crippen LogP contribution in [0.4, 0.5) is 17.6 Å². The van der Waals surface area contributed by atoms with E-state index < -0.39 is 23.6 Å². The van der Waals surface area contributed by atoms with Crippen molar-refractivity contribution in [1.29, 1.82) is 0 Å². The highest BCUT2D eigenvalue weighted by atomic mass is 19.4. The van der Waals surface area contributed by atoms with Gasteiger partial charge in [0.05, 0.1) is 11.6 Å². The van der Waals surface area contributed by atoms with Gasteiger partial charge in [-0.2, -0.15) is 13.2 Å². The van der Waals surface area contributed by atoms with E-state index in [1.807, 2.05) is 19.1 Å². The molecule has 2 aromatic carbocycles. The van der Waals surface area contributed by atoms with E-state index in [1.165, 1.54) is 6.07 Å². The van der Waals surface area contributed by atoms with Gasteiger partial charge in [-0.3, -0.25) is 0 Å². The number of aryl methyl sites for hydroxylation is 1. The van der Waals surface area contributed by atoms with E-state index in [0.717, 1.165) is 29.7 Å². The summed E-state index contributed by atoms with van der Waals surface area (Å²) in [5.41, 5.74) is 6.73. The molecule has 0 amide bonds. The molecule has 5 heteroatoms. The Bertz CT molecular complexity index is 634. The van der Waals surface area contributed by atoms with Crippen LogP contribution in [0.2, 0.25) is 0 Å². The predicted octanol–water partition coefficient (Wildman–Crippen LogP) is 4.46. The first-order valence-electron chi connectivity index (χ1n) is 6.54. The Morgan fingerprint density at radius 1 is 1.10 bits per heavy atom. The number of hydrogen-bond donors (Lipinski definition) is 1. The van der Waals surface area contributed by atoms with Crippen LogP contribution >= 0.6 is 0 Å². The third-order valence-corrected chi connectivity index (χ3v) is 3.43. The molecule has 1 nitrogen and oxygen atoms in total. The van der Waals surface area contributed by atoms with Gasteiger partial charge in [0, 0.05) is 0 Å². The van der Waals surface area contributed by atoms with E-state index in [9.17, 15) is 17.6 Å². The van der Waals surface area contributed by atoms with Crippen molar-refractivity contribution in [3.63, 3.8) is 0 Å². The summed E-state index contributed by atoms with van der Waals surface area (Å²) < 4.78 is 51.6. The number of hydrogen-bond acceptors (Lipinski definition) is 1. The largest absolute Gasteiger partial charge is 0.419 e. The Balaban J connectivity index is 2.47. The van der Waals surface area contributed by atoms with E-state index in [2.05, 4.69) is 0 Å². The second kappa shape index (κ2) is 5.85. The van der Waals surface area contributed by atoms with Gasteiger partial charge in [-0.15, -0.1) is 0 Å². The SMILES string of the molecule is CCc1ccccc1C(N)c1ccc(F)c(C(F)(F)F)c1. The smallest absolute Gasteiger partial charge is 0.320 e. The number of halogens is 4. The molecule has 0 aliphatic carbocycles. The van der Waals surface area contributed by atoms with E-state index in [-0.39, 0.29) is 5.56 Å². The van der Waals surface area contributed by atoms with Crippen LogP contribution in [0.3, 0.4) is 0 Å². The van der Waals surface area contributed by atoms with Crippen LogP contribution in [0, 0.1) is 5.82 Å². The van der Waals surface area contributed by atoms with Gasteiger partial charge in [0.2, 0.25) is 0 Å². The summed E-state index contributed by atoms with van der Waals surface area (Å²) in [6.07, 6.45) is -4.01. The van der Waals surface area contributed by atoms with Crippen molar-refractivity contribution >= 4 is 0 Å². The molecule has 0 saturated carbocycles. The molecule has 0 aliphatic heterocycles. The van der Waals surface area contributed by atoms with E-state index in [4.69, 9.17) is 5.73 Å². The maximum absolute atomic E-state index is 13.3. The van der Waals surface area contributed by atoms with Gasteiger partial charge in [0.15, 0.2) is 0 Å². The molecule has 1 atom stereocenters. The maximum Gasteiger partial charge on any atom is 0.419 e. The maximum atomic E-state index is 13.3. The van der Waals surface area contributed by atoms with E-state index >= 15 is 0 Å². The average Bonchev–Trinajstić information content (AvgIpc) is 2.45. The number of benzene rings is 2. The second-order valence-corrected chi connectivity index (χ2v) is 4.77. The van der Waals surface area contributed by atoms with Crippen molar-refractivity contribution in [1.82, 2.24) is 0 Å². The molecule has 112 valence electrons. The lowest BCUT2D eigenvalue weighted by atomic mass is 9.93. The Morgan fingerprint density at radius 3 is 2.38 bits per heavy atom. The van der Waals surface area contributed by atoms with Crippen molar-refractivity contribution < 1.29 is 17.6 Å². The molecular formula is C16H15F4N. The molecule has 2 rings (SSSR count). The summed E-state index contributed by atoms with van der Waals surface area (Å²) >= 11 is 0. The minimum Gasteiger partial charge on any atom is -0.320 e. The van der Waals surface area contributed by atoms with Gasteiger partial charge in [-0.05, 0) is 35.2 Å². The second-order valence-electron chi connectivity index (χ2n) is 4.77. The van der Waals surface area contributed by atoms with Gasteiger partial charge in [0.25, 0.3) is 0 Å². The lowest BCUT2D eigenvalue weighted by Crippen LogP contribution is -2.16. The van der Waals surface area contributed by atoms with E-state index in [0.29, 0.717) is 0 Å². The fourth-order valence-corrected chi connectivity index (χ4v) is 2.29. The third-order valence-electron chi connectivity index (χ3n) is 3.43. The minimum atomic E-state index is -4.73. The van der Waals surface area contributed by atoms with Crippen LogP contribution in [0.25, 0.3) is 0 Å². The molecule has 0 heterocycles. The summed E-state index contributed by atoms with van der Waals surface area (Å²) in [6, 6.07) is 9.45. The summed E-state index contributed by atoms with van der Waals surface area (Å²) in [7, 11) is 0. The molecule has 0 bridgehead atoms. The van der Waals surface area contributed by atoms with Gasteiger partial charge < -0.3 is 5.73 Å². The molecule has 2 N–H and O–H groups in total. The fraction of sp³-hybridized carbons (Fsp3) is 0.250. The monoisotopic (exact) mass is 297 g/mol. The fourth-order valence-electron chi connectivity index (χ4n) is 2.29. The van der Waals surface area contributed by atoms with Gasteiger partial charge in [0.1, 0.15) is 5.82 Å². The highest BCUT2D eigenvalue weighted by molar-refractivity contribution is 5.39. The summed E-state index contributed by atoms with van der Waals surface area (Å²) in [6.45, 7) is 1.94. The average molecular weight is 297 g/mol. The van der Waals surface area contributed by atoms with Crippen molar-refractivity contribution in [2.24, 2.45) is 5.73 Å². The van der Waals surface area contributed by atoms with Crippen molar-refractivity contribution in [2.45, 2.75) is 25.6 Å². The number of nitrogens with two attached hydrogens (primary N) is 1. The van der Waals surface area contributed by atoms with E-state index in [1.54, 1.807) is 12.1 Å². The van der Waals surface area contributed by atoms with Crippen molar-refractivity contribution in [3.05, 3.63) is 70.5 Å². The first kappa shape index (κ1) is 15.5. The summed E-state index contributed by atoms with van der Waals surface area (Å²) in [5.74, 6) is -1.29. The van der Waals surface area contributed by atoms with Crippen LogP contribution in [0.5, 0.6) is 0 Å². The van der Waals surface area contributed by atoms with Crippen molar-refractivity contribution in [2.75, 3.05) is 0 Å². The molecular weight excluding hydrogens is 282 g/mol. The quantitative estimate of drug-likeness (QED) is 0.832. The van der Waals surface area contributed by atoms with Crippen LogP contribution < -0.4 is 5.73 Å². The van der Waals surface area contributed by atoms with Gasteiger partial charge >= 0.3 is 6.18 Å². The molecule has 0 fully saturated rings. The normalized spacial score (nSPS) is 13.2. The van der Waals surface area contributed by atoms with Crippen LogP contribution in [-0.2, 0) is 12.6 Å². The molecule has 0 spiro atoms. The Kier molecular flexibility index (Phi) is 4.32. The Morgan fingerprint density at radius 2 is 1.76 bits per heavy atom. The molecule has 0 radical (unpaired) electrons. The summed E-state index contributed by atoms with van der Waals surface area (Å²) in [4.78, 5) is 0. The molecule has 2 aromatic rings. The predicted molar refractivity (Wildman–Crippen MR) is 73.3 cm³/mol.